The molecule has 0 aliphatic rings. The number of aryl methyl sites for hydroxylation is 3. The third kappa shape index (κ3) is 9.75. The van der Waals surface area contributed by atoms with Crippen LogP contribution in [0.4, 0.5) is 0 Å². The van der Waals surface area contributed by atoms with E-state index in [1.165, 1.54) is 167 Å². The predicted octanol–water partition coefficient (Wildman–Crippen LogP) is 19.7. The van der Waals surface area contributed by atoms with E-state index in [0.717, 1.165) is 53.4 Å². The normalized spacial score (nSPS) is 12.0. The van der Waals surface area contributed by atoms with Gasteiger partial charge in [0.05, 0.1) is 11.0 Å². The standard InChI is InChI=1S/C64H63N3O2S3/c1-4-7-10-15-28-45-41-56(55-36-35-54(71-55)53-34-32-48(70-53)39-47(42-65)64(68)69)72-63(45)46-31-33-52-50(40-46)60-58(44-26-18-14-19-27-44)61-59(49-29-20-21-30-51(49)66(61)37-22-11-8-5-2)57(43-24-16-13-17-25-43)62(60)67(52)38-23-12-9-6-3/h13-14,16-21,24-27,29-36,39-41H,4-12,15,22-23,28,37-38H2,1-3H3,(H,68,69)/b47-39+. The van der Waals surface area contributed by atoms with Gasteiger partial charge in [-0.1, -0.05) is 163 Å². The average molecular weight is 1000 g/mol. The van der Waals surface area contributed by atoms with Gasteiger partial charge in [-0.3, -0.25) is 0 Å². The zero-order valence-electron chi connectivity index (χ0n) is 41.8. The molecule has 0 aliphatic heterocycles. The Hall–Kier alpha value is -6.50. The number of unbranched alkanes of at least 4 members (excludes halogenated alkanes) is 9. The van der Waals surface area contributed by atoms with E-state index in [9.17, 15) is 15.2 Å². The molecule has 1 N–H and O–H groups in total. The molecule has 0 atom stereocenters. The summed E-state index contributed by atoms with van der Waals surface area (Å²) in [6, 6.07) is 51.7. The summed E-state index contributed by atoms with van der Waals surface area (Å²) >= 11 is 5.20. The number of nitrogens with zero attached hydrogens (tertiary/aromatic N) is 3. The summed E-state index contributed by atoms with van der Waals surface area (Å²) in [6.07, 6.45) is 16.8. The van der Waals surface area contributed by atoms with Gasteiger partial charge in [0.1, 0.15) is 11.6 Å². The number of benzene rings is 5. The number of aliphatic carboxylic acids is 1. The topological polar surface area (TPSA) is 71.0 Å². The number of carbonyl (C=O) groups is 1. The summed E-state index contributed by atoms with van der Waals surface area (Å²) in [5, 5.41) is 24.2. The van der Waals surface area contributed by atoms with Crippen LogP contribution >= 0.6 is 34.0 Å². The van der Waals surface area contributed by atoms with Crippen LogP contribution in [0, 0.1) is 11.3 Å². The quantitative estimate of drug-likeness (QED) is 0.0418. The van der Waals surface area contributed by atoms with Gasteiger partial charge in [0, 0.05) is 86.1 Å². The molecular weight excluding hydrogens is 939 g/mol. The second-order valence-corrected chi connectivity index (χ2v) is 22.5. The number of hydrogen-bond acceptors (Lipinski definition) is 5. The molecule has 0 saturated heterocycles. The first-order chi connectivity index (χ1) is 35.4. The predicted molar refractivity (Wildman–Crippen MR) is 311 cm³/mol. The lowest BCUT2D eigenvalue weighted by atomic mass is 9.89. The fourth-order valence-corrected chi connectivity index (χ4v) is 14.2. The van der Waals surface area contributed by atoms with E-state index in [4.69, 9.17) is 0 Å². The van der Waals surface area contributed by atoms with Gasteiger partial charge < -0.3 is 14.2 Å². The molecule has 0 amide bonds. The molecule has 10 rings (SSSR count). The first-order valence-electron chi connectivity index (χ1n) is 26.2. The number of carboxylic acids is 1. The Labute approximate surface area is 436 Å². The minimum atomic E-state index is -1.21. The number of rotatable bonds is 22. The monoisotopic (exact) mass is 1000 g/mol. The fraction of sp³-hybridized carbons (Fsp3) is 0.281. The van der Waals surface area contributed by atoms with E-state index in [0.29, 0.717) is 0 Å². The van der Waals surface area contributed by atoms with Gasteiger partial charge in [0.2, 0.25) is 0 Å². The number of para-hydroxylation sites is 1. The van der Waals surface area contributed by atoms with Crippen LogP contribution in [-0.2, 0) is 24.3 Å². The maximum Gasteiger partial charge on any atom is 0.346 e. The van der Waals surface area contributed by atoms with Crippen molar-refractivity contribution in [2.75, 3.05) is 0 Å². The Morgan fingerprint density at radius 2 is 1.08 bits per heavy atom. The first kappa shape index (κ1) is 49.1. The van der Waals surface area contributed by atoms with Crippen molar-refractivity contribution < 1.29 is 9.90 Å². The highest BCUT2D eigenvalue weighted by atomic mass is 32.1. The third-order valence-corrected chi connectivity index (χ3v) is 18.1. The van der Waals surface area contributed by atoms with Crippen LogP contribution in [0.2, 0.25) is 0 Å². The van der Waals surface area contributed by atoms with Crippen molar-refractivity contribution in [3.63, 3.8) is 0 Å². The molecule has 0 fully saturated rings. The van der Waals surface area contributed by atoms with E-state index in [1.807, 2.05) is 29.5 Å². The lowest BCUT2D eigenvalue weighted by Gasteiger charge is -2.18. The van der Waals surface area contributed by atoms with Gasteiger partial charge in [-0.15, -0.1) is 34.0 Å². The van der Waals surface area contributed by atoms with Crippen molar-refractivity contribution in [2.24, 2.45) is 0 Å². The molecule has 0 unspecified atom stereocenters. The number of nitriles is 1. The molecule has 0 bridgehead atoms. The average Bonchev–Trinajstić information content (AvgIpc) is 4.27. The van der Waals surface area contributed by atoms with E-state index >= 15 is 0 Å². The zero-order valence-corrected chi connectivity index (χ0v) is 44.3. The Bertz CT molecular complexity index is 3590. The first-order valence-corrected chi connectivity index (χ1v) is 28.7. The zero-order chi connectivity index (χ0) is 49.6. The number of thiophene rings is 3. The van der Waals surface area contributed by atoms with Crippen molar-refractivity contribution in [3.05, 3.63) is 149 Å². The molecule has 5 heterocycles. The number of fused-ring (bicyclic) bond motifs is 6. The number of aromatic nitrogens is 2. The maximum absolute atomic E-state index is 11.6. The van der Waals surface area contributed by atoms with Crippen molar-refractivity contribution in [1.82, 2.24) is 9.13 Å². The Balaban J connectivity index is 1.23. The minimum Gasteiger partial charge on any atom is -0.477 e. The summed E-state index contributed by atoms with van der Waals surface area (Å²) in [5.41, 5.74) is 12.9. The third-order valence-electron chi connectivity index (χ3n) is 14.3. The molecule has 0 aliphatic carbocycles. The minimum absolute atomic E-state index is 0.259. The Morgan fingerprint density at radius 3 is 1.69 bits per heavy atom. The Kier molecular flexibility index (Phi) is 15.3. The smallest absolute Gasteiger partial charge is 0.346 e. The van der Waals surface area contributed by atoms with Crippen LogP contribution in [-0.4, -0.2) is 20.2 Å². The summed E-state index contributed by atoms with van der Waals surface area (Å²) in [4.78, 5) is 18.4. The molecule has 5 aromatic heterocycles. The van der Waals surface area contributed by atoms with Crippen LogP contribution < -0.4 is 0 Å². The molecule has 10 aromatic rings. The number of carboxylic acid groups (broad SMARTS) is 1. The number of hydrogen-bond donors (Lipinski definition) is 1. The summed E-state index contributed by atoms with van der Waals surface area (Å²) in [5.74, 6) is -1.21. The van der Waals surface area contributed by atoms with Crippen molar-refractivity contribution in [1.29, 1.82) is 5.26 Å². The molecule has 5 nitrogen and oxygen atoms in total. The van der Waals surface area contributed by atoms with Gasteiger partial charge in [0.15, 0.2) is 0 Å². The van der Waals surface area contributed by atoms with Gasteiger partial charge in [-0.25, -0.2) is 4.79 Å². The molecule has 5 aromatic carbocycles. The molecule has 0 saturated carbocycles. The van der Waals surface area contributed by atoms with E-state index < -0.39 is 5.97 Å². The summed E-state index contributed by atoms with van der Waals surface area (Å²) in [6.45, 7) is 8.80. The second kappa shape index (κ2) is 22.5. The highest BCUT2D eigenvalue weighted by Crippen LogP contribution is 2.52. The maximum atomic E-state index is 11.6. The Morgan fingerprint density at radius 1 is 0.542 bits per heavy atom. The summed E-state index contributed by atoms with van der Waals surface area (Å²) < 4.78 is 5.39. The molecule has 0 radical (unpaired) electrons. The van der Waals surface area contributed by atoms with Crippen molar-refractivity contribution in [2.45, 2.75) is 117 Å². The fourth-order valence-electron chi connectivity index (χ4n) is 10.9. The van der Waals surface area contributed by atoms with Crippen LogP contribution in [0.5, 0.6) is 0 Å². The highest BCUT2D eigenvalue weighted by Gasteiger charge is 2.28. The lowest BCUT2D eigenvalue weighted by Crippen LogP contribution is -2.02. The molecule has 8 heteroatoms. The van der Waals surface area contributed by atoms with E-state index in [2.05, 4.69) is 151 Å². The van der Waals surface area contributed by atoms with Gasteiger partial charge in [-0.2, -0.15) is 5.26 Å². The van der Waals surface area contributed by atoms with E-state index in [-0.39, 0.29) is 5.57 Å². The molecule has 364 valence electrons. The van der Waals surface area contributed by atoms with E-state index in [1.54, 1.807) is 11.3 Å². The SMILES string of the molecule is CCCCCCc1cc(-c2ccc(-c3ccc(/C=C(\C#N)C(=O)O)s3)s2)sc1-c1ccc2c(c1)c1c(-c3ccccc3)c3c(c(-c4ccccc4)c1n2CCCCCC)c1ccccc1n3CCCCCC. The van der Waals surface area contributed by atoms with Gasteiger partial charge in [0.25, 0.3) is 0 Å². The largest absolute Gasteiger partial charge is 0.477 e. The molecular formula is C64H63N3O2S3. The summed E-state index contributed by atoms with van der Waals surface area (Å²) in [7, 11) is 0. The van der Waals surface area contributed by atoms with Crippen molar-refractivity contribution in [3.8, 4) is 58.3 Å². The van der Waals surface area contributed by atoms with Crippen LogP contribution in [0.3, 0.4) is 0 Å². The van der Waals surface area contributed by atoms with Crippen LogP contribution in [0.1, 0.15) is 108 Å². The van der Waals surface area contributed by atoms with Crippen LogP contribution in [0.15, 0.2) is 139 Å². The molecule has 72 heavy (non-hydrogen) atoms. The van der Waals surface area contributed by atoms with Crippen molar-refractivity contribution >= 4 is 89.7 Å². The van der Waals surface area contributed by atoms with Crippen LogP contribution in [0.25, 0.3) is 102 Å². The molecule has 0 spiro atoms. The highest BCUT2D eigenvalue weighted by molar-refractivity contribution is 7.27. The van der Waals surface area contributed by atoms with Gasteiger partial charge >= 0.3 is 5.97 Å². The van der Waals surface area contributed by atoms with Gasteiger partial charge in [-0.05, 0) is 103 Å². The lowest BCUT2D eigenvalue weighted by molar-refractivity contribution is -0.132. The second-order valence-electron chi connectivity index (χ2n) is 19.2.